The molecule has 0 radical (unpaired) electrons. The number of carbonyl (C=O) groups is 1. The number of benzene rings is 2. The molecule has 130 valence electrons. The predicted octanol–water partition coefficient (Wildman–Crippen LogP) is 3.80. The Morgan fingerprint density at radius 2 is 1.88 bits per heavy atom. The van der Waals surface area contributed by atoms with Crippen molar-refractivity contribution in [2.45, 2.75) is 32.1 Å². The van der Waals surface area contributed by atoms with Crippen molar-refractivity contribution in [2.75, 3.05) is 10.0 Å². The van der Waals surface area contributed by atoms with Gasteiger partial charge in [-0.05, 0) is 56.2 Å². The lowest BCUT2D eigenvalue weighted by Gasteiger charge is -2.10. The highest BCUT2D eigenvalue weighted by molar-refractivity contribution is 7.92. The second kappa shape index (κ2) is 6.37. The summed E-state index contributed by atoms with van der Waals surface area (Å²) in [5.41, 5.74) is 4.20. The van der Waals surface area contributed by atoms with Crippen LogP contribution in [0.1, 0.15) is 31.9 Å². The standard InChI is InChI=1S/C19H20N2O3S/c1-4-13-6-5-7-14(10-13)21-25(23,24)15-8-9-17-16(11-15)18(12(2)3)19(22)20-17/h5-11,21H,4H2,1-3H3,(H,20,22). The third-order valence-corrected chi connectivity index (χ3v) is 5.51. The molecule has 0 bridgehead atoms. The van der Waals surface area contributed by atoms with Gasteiger partial charge in [-0.3, -0.25) is 9.52 Å². The van der Waals surface area contributed by atoms with E-state index in [0.717, 1.165) is 17.6 Å². The molecule has 0 aromatic heterocycles. The average Bonchev–Trinajstić information content (AvgIpc) is 2.89. The molecule has 1 aliphatic rings. The normalized spacial score (nSPS) is 13.4. The first-order chi connectivity index (χ1) is 11.8. The van der Waals surface area contributed by atoms with E-state index in [-0.39, 0.29) is 10.8 Å². The van der Waals surface area contributed by atoms with Crippen molar-refractivity contribution in [1.29, 1.82) is 0 Å². The third-order valence-electron chi connectivity index (χ3n) is 4.13. The van der Waals surface area contributed by atoms with Crippen LogP contribution in [0.25, 0.3) is 5.57 Å². The Morgan fingerprint density at radius 1 is 1.12 bits per heavy atom. The molecule has 0 fully saturated rings. The molecule has 25 heavy (non-hydrogen) atoms. The molecule has 1 amide bonds. The van der Waals surface area contributed by atoms with Gasteiger partial charge in [-0.25, -0.2) is 8.42 Å². The number of nitrogens with one attached hydrogen (secondary N) is 2. The first-order valence-corrected chi connectivity index (χ1v) is 9.55. The number of anilines is 2. The first-order valence-electron chi connectivity index (χ1n) is 8.07. The second-order valence-corrected chi connectivity index (χ2v) is 7.88. The Balaban J connectivity index is 1.99. The number of allylic oxidation sites excluding steroid dienone is 1. The van der Waals surface area contributed by atoms with Crippen molar-refractivity contribution in [1.82, 2.24) is 0 Å². The Bertz CT molecular complexity index is 987. The van der Waals surface area contributed by atoms with Crippen LogP contribution >= 0.6 is 0 Å². The minimum atomic E-state index is -3.74. The van der Waals surface area contributed by atoms with Gasteiger partial charge in [0, 0.05) is 22.5 Å². The van der Waals surface area contributed by atoms with Crippen LogP contribution in [0.2, 0.25) is 0 Å². The van der Waals surface area contributed by atoms with E-state index in [4.69, 9.17) is 0 Å². The fraction of sp³-hybridized carbons (Fsp3) is 0.211. The number of rotatable bonds is 4. The number of amides is 1. The molecule has 0 atom stereocenters. The van der Waals surface area contributed by atoms with Crippen LogP contribution in [-0.4, -0.2) is 14.3 Å². The number of sulfonamides is 1. The van der Waals surface area contributed by atoms with Crippen molar-refractivity contribution < 1.29 is 13.2 Å². The van der Waals surface area contributed by atoms with Crippen molar-refractivity contribution in [2.24, 2.45) is 0 Å². The molecule has 5 nitrogen and oxygen atoms in total. The quantitative estimate of drug-likeness (QED) is 0.818. The van der Waals surface area contributed by atoms with Crippen LogP contribution in [0.4, 0.5) is 11.4 Å². The summed E-state index contributed by atoms with van der Waals surface area (Å²) in [4.78, 5) is 12.2. The lowest BCUT2D eigenvalue weighted by molar-refractivity contribution is -0.110. The van der Waals surface area contributed by atoms with E-state index >= 15 is 0 Å². The average molecular weight is 356 g/mol. The molecule has 0 spiro atoms. The van der Waals surface area contributed by atoms with Gasteiger partial charge >= 0.3 is 0 Å². The fourth-order valence-corrected chi connectivity index (χ4v) is 3.95. The van der Waals surface area contributed by atoms with Gasteiger partial charge in [0.1, 0.15) is 0 Å². The van der Waals surface area contributed by atoms with E-state index in [9.17, 15) is 13.2 Å². The molecular weight excluding hydrogens is 336 g/mol. The van der Waals surface area contributed by atoms with Crippen LogP contribution in [0.5, 0.6) is 0 Å². The smallest absolute Gasteiger partial charge is 0.261 e. The molecule has 3 rings (SSSR count). The van der Waals surface area contributed by atoms with Gasteiger partial charge in [-0.2, -0.15) is 0 Å². The van der Waals surface area contributed by atoms with Crippen LogP contribution in [0.3, 0.4) is 0 Å². The molecular formula is C19H20N2O3S. The largest absolute Gasteiger partial charge is 0.321 e. The molecule has 0 unspecified atom stereocenters. The van der Waals surface area contributed by atoms with Gasteiger partial charge in [0.15, 0.2) is 0 Å². The molecule has 1 aliphatic heterocycles. The Morgan fingerprint density at radius 3 is 2.56 bits per heavy atom. The van der Waals surface area contributed by atoms with E-state index in [1.807, 2.05) is 39.0 Å². The molecule has 0 saturated carbocycles. The maximum absolute atomic E-state index is 12.7. The van der Waals surface area contributed by atoms with Crippen molar-refractivity contribution in [3.63, 3.8) is 0 Å². The molecule has 6 heteroatoms. The minimum Gasteiger partial charge on any atom is -0.321 e. The second-order valence-electron chi connectivity index (χ2n) is 6.20. The third kappa shape index (κ3) is 3.30. The zero-order chi connectivity index (χ0) is 18.2. The van der Waals surface area contributed by atoms with Crippen LogP contribution in [-0.2, 0) is 21.2 Å². The van der Waals surface area contributed by atoms with Gasteiger partial charge in [0.05, 0.1) is 4.90 Å². The van der Waals surface area contributed by atoms with Gasteiger partial charge in [-0.15, -0.1) is 0 Å². The zero-order valence-corrected chi connectivity index (χ0v) is 15.2. The zero-order valence-electron chi connectivity index (χ0n) is 14.4. The number of hydrogen-bond donors (Lipinski definition) is 2. The summed E-state index contributed by atoms with van der Waals surface area (Å²) in [5, 5.41) is 2.76. The highest BCUT2D eigenvalue weighted by atomic mass is 32.2. The summed E-state index contributed by atoms with van der Waals surface area (Å²) < 4.78 is 28.1. The topological polar surface area (TPSA) is 75.3 Å². The summed E-state index contributed by atoms with van der Waals surface area (Å²) >= 11 is 0. The maximum Gasteiger partial charge on any atom is 0.261 e. The number of carbonyl (C=O) groups excluding carboxylic acids is 1. The molecule has 2 aromatic carbocycles. The highest BCUT2D eigenvalue weighted by Gasteiger charge is 2.27. The highest BCUT2D eigenvalue weighted by Crippen LogP contribution is 2.35. The fourth-order valence-electron chi connectivity index (χ4n) is 2.88. The maximum atomic E-state index is 12.7. The Hall–Kier alpha value is -2.60. The Kier molecular flexibility index (Phi) is 4.39. The van der Waals surface area contributed by atoms with E-state index in [2.05, 4.69) is 10.0 Å². The molecule has 0 saturated heterocycles. The van der Waals surface area contributed by atoms with Crippen molar-refractivity contribution in [3.05, 3.63) is 59.2 Å². The van der Waals surface area contributed by atoms with E-state index in [1.54, 1.807) is 18.2 Å². The number of aryl methyl sites for hydroxylation is 1. The molecule has 2 N–H and O–H groups in total. The van der Waals surface area contributed by atoms with Gasteiger partial charge in [0.2, 0.25) is 0 Å². The van der Waals surface area contributed by atoms with E-state index < -0.39 is 10.0 Å². The molecule has 0 aliphatic carbocycles. The monoisotopic (exact) mass is 356 g/mol. The van der Waals surface area contributed by atoms with Crippen molar-refractivity contribution in [3.8, 4) is 0 Å². The number of hydrogen-bond acceptors (Lipinski definition) is 3. The van der Waals surface area contributed by atoms with Crippen LogP contribution in [0.15, 0.2) is 52.9 Å². The lowest BCUT2D eigenvalue weighted by atomic mass is 10.0. The van der Waals surface area contributed by atoms with E-state index in [1.165, 1.54) is 6.07 Å². The van der Waals surface area contributed by atoms with Crippen molar-refractivity contribution >= 4 is 32.9 Å². The van der Waals surface area contributed by atoms with Crippen LogP contribution in [0, 0.1) is 0 Å². The lowest BCUT2D eigenvalue weighted by Crippen LogP contribution is -2.13. The number of fused-ring (bicyclic) bond motifs is 1. The van der Waals surface area contributed by atoms with Gasteiger partial charge in [0.25, 0.3) is 15.9 Å². The summed E-state index contributed by atoms with van der Waals surface area (Å²) in [7, 11) is -3.74. The van der Waals surface area contributed by atoms with E-state index in [0.29, 0.717) is 22.5 Å². The molecule has 2 aromatic rings. The molecule has 1 heterocycles. The van der Waals surface area contributed by atoms with Gasteiger partial charge in [-0.1, -0.05) is 24.6 Å². The first kappa shape index (κ1) is 17.2. The summed E-state index contributed by atoms with van der Waals surface area (Å²) in [6, 6.07) is 12.0. The van der Waals surface area contributed by atoms with Gasteiger partial charge < -0.3 is 5.32 Å². The summed E-state index contributed by atoms with van der Waals surface area (Å²) in [5.74, 6) is -0.201. The minimum absolute atomic E-state index is 0.128. The Labute approximate surface area is 147 Å². The summed E-state index contributed by atoms with van der Waals surface area (Å²) in [6.07, 6.45) is 0.826. The summed E-state index contributed by atoms with van der Waals surface area (Å²) in [6.45, 7) is 5.68. The SMILES string of the molecule is CCc1cccc(NS(=O)(=O)c2ccc3c(c2)C(=C(C)C)C(=O)N3)c1. The van der Waals surface area contributed by atoms with Crippen LogP contribution < -0.4 is 10.0 Å². The predicted molar refractivity (Wildman–Crippen MR) is 100.0 cm³/mol.